The predicted octanol–water partition coefficient (Wildman–Crippen LogP) is 7.01. The lowest BCUT2D eigenvalue weighted by Gasteiger charge is -2.25. The van der Waals surface area contributed by atoms with Crippen molar-refractivity contribution < 1.29 is 19.0 Å². The van der Waals surface area contributed by atoms with Crippen LogP contribution >= 0.6 is 0 Å². The summed E-state index contributed by atoms with van der Waals surface area (Å²) in [7, 11) is 4.85. The summed E-state index contributed by atoms with van der Waals surface area (Å²) in [5, 5.41) is 17.3. The number of nitrogens with one attached hydrogen (secondary N) is 2. The van der Waals surface area contributed by atoms with Gasteiger partial charge in [-0.05, 0) is 101 Å². The van der Waals surface area contributed by atoms with Gasteiger partial charge in [-0.25, -0.2) is 4.98 Å². The lowest BCUT2D eigenvalue weighted by molar-refractivity contribution is 0.0963. The molecule has 0 saturated heterocycles. The number of H-pyrrole nitrogens is 1. The Morgan fingerprint density at radius 1 is 0.875 bits per heavy atom. The number of aromatic nitrogens is 6. The molecule has 0 bridgehead atoms. The Morgan fingerprint density at radius 3 is 2.38 bits per heavy atom. The van der Waals surface area contributed by atoms with E-state index in [0.29, 0.717) is 34.7 Å². The Balaban J connectivity index is 1.19. The standard InChI is InChI=1S/C37H37N7O4/c1-38-37(45)26-11-16-30(24-13-18-33(46-2)34(21-24)47-3)27(19-26)22-48-29-14-9-23(10-15-29)36-39-31-20-25(35-40-42-43-41-35)12-17-32(31)44(36)28-7-5-4-6-8-28/h9-21,28H,4-8,22H2,1-3H3,(H,38,45)(H,40,41,42,43). The van der Waals surface area contributed by atoms with Crippen molar-refractivity contribution in [3.63, 3.8) is 0 Å². The summed E-state index contributed by atoms with van der Waals surface area (Å²) < 4.78 is 19.7. The summed E-state index contributed by atoms with van der Waals surface area (Å²) in [5.41, 5.74) is 7.16. The summed E-state index contributed by atoms with van der Waals surface area (Å²) in [6.45, 7) is 0.257. The summed E-state index contributed by atoms with van der Waals surface area (Å²) in [5.74, 6) is 3.29. The van der Waals surface area contributed by atoms with Crippen molar-refractivity contribution >= 4 is 16.9 Å². The van der Waals surface area contributed by atoms with E-state index in [4.69, 9.17) is 19.2 Å². The van der Waals surface area contributed by atoms with E-state index in [1.165, 1.54) is 19.3 Å². The molecule has 1 fully saturated rings. The largest absolute Gasteiger partial charge is 0.493 e. The maximum atomic E-state index is 12.5. The second-order valence-corrected chi connectivity index (χ2v) is 11.9. The van der Waals surface area contributed by atoms with E-state index >= 15 is 0 Å². The first-order valence-corrected chi connectivity index (χ1v) is 16.1. The first-order valence-electron chi connectivity index (χ1n) is 16.1. The van der Waals surface area contributed by atoms with Crippen LogP contribution in [0.25, 0.3) is 44.9 Å². The smallest absolute Gasteiger partial charge is 0.251 e. The van der Waals surface area contributed by atoms with Gasteiger partial charge in [0.15, 0.2) is 11.5 Å². The van der Waals surface area contributed by atoms with E-state index in [2.05, 4.69) is 48.7 Å². The number of carbonyl (C=O) groups is 1. The maximum Gasteiger partial charge on any atom is 0.251 e. The molecule has 0 aliphatic heterocycles. The first-order chi connectivity index (χ1) is 23.6. The van der Waals surface area contributed by atoms with Crippen LogP contribution in [0.15, 0.2) is 78.9 Å². The minimum atomic E-state index is -0.162. The van der Waals surface area contributed by atoms with Crippen LogP contribution in [0.4, 0.5) is 0 Å². The van der Waals surface area contributed by atoms with E-state index in [-0.39, 0.29) is 12.5 Å². The molecular weight excluding hydrogens is 606 g/mol. The van der Waals surface area contributed by atoms with Gasteiger partial charge in [-0.15, -0.1) is 10.2 Å². The van der Waals surface area contributed by atoms with E-state index in [0.717, 1.165) is 57.5 Å². The number of imidazole rings is 1. The summed E-state index contributed by atoms with van der Waals surface area (Å²) >= 11 is 0. The molecule has 1 saturated carbocycles. The average molecular weight is 644 g/mol. The van der Waals surface area contributed by atoms with E-state index in [9.17, 15) is 4.79 Å². The van der Waals surface area contributed by atoms with Gasteiger partial charge in [0.2, 0.25) is 5.82 Å². The average Bonchev–Trinajstić information content (AvgIpc) is 3.82. The lowest BCUT2D eigenvalue weighted by Crippen LogP contribution is -2.18. The van der Waals surface area contributed by atoms with Gasteiger partial charge < -0.3 is 24.1 Å². The van der Waals surface area contributed by atoms with Gasteiger partial charge in [-0.3, -0.25) is 4.79 Å². The zero-order valence-corrected chi connectivity index (χ0v) is 27.2. The van der Waals surface area contributed by atoms with Gasteiger partial charge in [0, 0.05) is 29.8 Å². The fourth-order valence-electron chi connectivity index (χ4n) is 6.58. The number of fused-ring (bicyclic) bond motifs is 1. The molecule has 1 amide bonds. The van der Waals surface area contributed by atoms with Crippen molar-refractivity contribution in [3.05, 3.63) is 90.0 Å². The van der Waals surface area contributed by atoms with Gasteiger partial charge >= 0.3 is 0 Å². The molecule has 0 unspecified atom stereocenters. The fraction of sp³-hybridized carbons (Fsp3) is 0.270. The molecule has 0 radical (unpaired) electrons. The molecule has 4 aromatic carbocycles. The van der Waals surface area contributed by atoms with Gasteiger partial charge in [0.1, 0.15) is 18.2 Å². The van der Waals surface area contributed by atoms with Crippen molar-refractivity contribution in [2.45, 2.75) is 44.8 Å². The summed E-state index contributed by atoms with van der Waals surface area (Å²) in [6, 6.07) is 26.0. The molecule has 0 spiro atoms. The lowest BCUT2D eigenvalue weighted by atomic mass is 9.95. The number of hydrogen-bond donors (Lipinski definition) is 2. The number of benzene rings is 4. The second kappa shape index (κ2) is 13.6. The highest BCUT2D eigenvalue weighted by molar-refractivity contribution is 5.95. The van der Waals surface area contributed by atoms with Crippen LogP contribution in [0.2, 0.25) is 0 Å². The highest BCUT2D eigenvalue weighted by Crippen LogP contribution is 2.38. The molecule has 2 N–H and O–H groups in total. The number of rotatable bonds is 10. The molecule has 11 nitrogen and oxygen atoms in total. The number of methoxy groups -OCH3 is 2. The van der Waals surface area contributed by atoms with Crippen molar-refractivity contribution in [2.24, 2.45) is 0 Å². The van der Waals surface area contributed by atoms with Crippen LogP contribution in [-0.4, -0.2) is 57.3 Å². The molecule has 0 atom stereocenters. The number of carbonyl (C=O) groups excluding carboxylic acids is 1. The molecule has 2 aromatic heterocycles. The summed E-state index contributed by atoms with van der Waals surface area (Å²) in [4.78, 5) is 17.7. The molecule has 2 heterocycles. The molecule has 1 aliphatic rings. The quantitative estimate of drug-likeness (QED) is 0.163. The third kappa shape index (κ3) is 6.06. The zero-order chi connectivity index (χ0) is 33.0. The second-order valence-electron chi connectivity index (χ2n) is 11.9. The first kappa shape index (κ1) is 30.9. The zero-order valence-electron chi connectivity index (χ0n) is 27.2. The number of amides is 1. The molecule has 244 valence electrons. The maximum absolute atomic E-state index is 12.5. The summed E-state index contributed by atoms with van der Waals surface area (Å²) in [6.07, 6.45) is 5.95. The Hall–Kier alpha value is -5.71. The van der Waals surface area contributed by atoms with Crippen molar-refractivity contribution in [1.82, 2.24) is 35.5 Å². The van der Waals surface area contributed by atoms with Gasteiger partial charge in [0.25, 0.3) is 5.91 Å². The number of aromatic amines is 1. The Morgan fingerprint density at radius 2 is 1.65 bits per heavy atom. The van der Waals surface area contributed by atoms with Crippen LogP contribution in [0.3, 0.4) is 0 Å². The van der Waals surface area contributed by atoms with Crippen LogP contribution in [0.5, 0.6) is 17.2 Å². The third-order valence-electron chi connectivity index (χ3n) is 9.03. The normalized spacial score (nSPS) is 13.4. The van der Waals surface area contributed by atoms with Gasteiger partial charge in [-0.2, -0.15) is 5.21 Å². The fourth-order valence-corrected chi connectivity index (χ4v) is 6.58. The highest BCUT2D eigenvalue weighted by atomic mass is 16.5. The molecule has 7 rings (SSSR count). The van der Waals surface area contributed by atoms with Crippen molar-refractivity contribution in [3.8, 4) is 51.2 Å². The van der Waals surface area contributed by atoms with E-state index in [1.807, 2.05) is 60.7 Å². The topological polar surface area (TPSA) is 129 Å². The molecule has 1 aliphatic carbocycles. The van der Waals surface area contributed by atoms with Crippen LogP contribution < -0.4 is 19.5 Å². The van der Waals surface area contributed by atoms with E-state index < -0.39 is 0 Å². The number of hydrogen-bond acceptors (Lipinski definition) is 8. The minimum absolute atomic E-state index is 0.162. The third-order valence-corrected chi connectivity index (χ3v) is 9.03. The van der Waals surface area contributed by atoms with Crippen LogP contribution in [0, 0.1) is 0 Å². The molecule has 6 aromatic rings. The van der Waals surface area contributed by atoms with Gasteiger partial charge in [0.05, 0.1) is 25.3 Å². The Labute approximate surface area is 278 Å². The van der Waals surface area contributed by atoms with Gasteiger partial charge in [-0.1, -0.05) is 31.4 Å². The van der Waals surface area contributed by atoms with Crippen molar-refractivity contribution in [2.75, 3.05) is 21.3 Å². The Kier molecular flexibility index (Phi) is 8.74. The molecule has 11 heteroatoms. The highest BCUT2D eigenvalue weighted by Gasteiger charge is 2.23. The minimum Gasteiger partial charge on any atom is -0.493 e. The Bertz CT molecular complexity index is 2050. The number of ether oxygens (including phenoxy) is 3. The molecule has 48 heavy (non-hydrogen) atoms. The van der Waals surface area contributed by atoms with Crippen LogP contribution in [-0.2, 0) is 6.61 Å². The monoisotopic (exact) mass is 643 g/mol. The van der Waals surface area contributed by atoms with Crippen molar-refractivity contribution in [1.29, 1.82) is 0 Å². The number of nitrogens with zero attached hydrogens (tertiary/aromatic N) is 5. The van der Waals surface area contributed by atoms with E-state index in [1.54, 1.807) is 21.3 Å². The SMILES string of the molecule is CNC(=O)c1ccc(-c2ccc(OC)c(OC)c2)c(COc2ccc(-c3nc4cc(-c5nn[nH]n5)ccc4n3C3CCCCC3)cc2)c1. The van der Waals surface area contributed by atoms with Crippen LogP contribution in [0.1, 0.15) is 54.1 Å². The number of tetrazole rings is 1. The predicted molar refractivity (Wildman–Crippen MR) is 183 cm³/mol. The molecular formula is C37H37N7O4.